The average Bonchev–Trinajstić information content (AvgIpc) is 3.15. The molecule has 3 aromatic rings. The topological polar surface area (TPSA) is 108 Å². The van der Waals surface area contributed by atoms with E-state index in [1.165, 1.54) is 6.33 Å². The third-order valence-electron chi connectivity index (χ3n) is 4.47. The molecule has 0 saturated heterocycles. The van der Waals surface area contributed by atoms with Gasteiger partial charge in [0.15, 0.2) is 0 Å². The van der Waals surface area contributed by atoms with Crippen molar-refractivity contribution in [2.45, 2.75) is 19.9 Å². The van der Waals surface area contributed by atoms with E-state index < -0.39 is 12.0 Å². The van der Waals surface area contributed by atoms with Gasteiger partial charge in [0.25, 0.3) is 5.95 Å². The number of hydrogen-bond donors (Lipinski definition) is 0. The van der Waals surface area contributed by atoms with Gasteiger partial charge in [-0.25, -0.2) is 19.6 Å². The van der Waals surface area contributed by atoms with Crippen LogP contribution in [-0.2, 0) is 9.53 Å². The van der Waals surface area contributed by atoms with E-state index in [4.69, 9.17) is 4.74 Å². The summed E-state index contributed by atoms with van der Waals surface area (Å²) in [5.74, 6) is -0.632. The van der Waals surface area contributed by atoms with Gasteiger partial charge in [0.2, 0.25) is 0 Å². The van der Waals surface area contributed by atoms with Crippen LogP contribution in [0.3, 0.4) is 0 Å². The maximum atomic E-state index is 12.8. The Hall–Kier alpha value is -3.49. The predicted octanol–water partition coefficient (Wildman–Crippen LogP) is 2.00. The average molecular weight is 363 g/mol. The van der Waals surface area contributed by atoms with Crippen LogP contribution in [0.5, 0.6) is 0 Å². The highest BCUT2D eigenvalue weighted by Crippen LogP contribution is 2.39. The normalized spacial score (nSPS) is 18.5. The largest absolute Gasteiger partial charge is 0.465 e. The number of aromatic nitrogens is 6. The van der Waals surface area contributed by atoms with Gasteiger partial charge in [-0.05, 0) is 35.4 Å². The Balaban J connectivity index is 1.91. The number of rotatable bonds is 4. The molecule has 4 rings (SSSR count). The highest BCUT2D eigenvalue weighted by molar-refractivity contribution is 6.03. The predicted molar refractivity (Wildman–Crippen MR) is 96.3 cm³/mol. The van der Waals surface area contributed by atoms with Gasteiger partial charge in [-0.15, -0.1) is 0 Å². The van der Waals surface area contributed by atoms with Crippen molar-refractivity contribution in [1.29, 1.82) is 0 Å². The van der Waals surface area contributed by atoms with Gasteiger partial charge >= 0.3 is 5.97 Å². The van der Waals surface area contributed by atoms with Crippen molar-refractivity contribution in [3.8, 4) is 11.1 Å². The first-order valence-corrected chi connectivity index (χ1v) is 8.54. The molecule has 2 unspecified atom stereocenters. The zero-order valence-electron chi connectivity index (χ0n) is 14.9. The van der Waals surface area contributed by atoms with Gasteiger partial charge in [0, 0.05) is 23.7 Å². The van der Waals surface area contributed by atoms with Crippen molar-refractivity contribution in [2.75, 3.05) is 6.61 Å². The van der Waals surface area contributed by atoms with Gasteiger partial charge < -0.3 is 4.74 Å². The van der Waals surface area contributed by atoms with Gasteiger partial charge in [-0.2, -0.15) is 0 Å². The Kier molecular flexibility index (Phi) is 4.41. The van der Waals surface area contributed by atoms with Crippen LogP contribution in [0.2, 0.25) is 0 Å². The molecular formula is C18H17N7O2. The molecule has 1 aromatic carbocycles. The van der Waals surface area contributed by atoms with Crippen LogP contribution in [0.25, 0.3) is 11.1 Å². The van der Waals surface area contributed by atoms with Gasteiger partial charge in [-0.3, -0.25) is 4.79 Å². The summed E-state index contributed by atoms with van der Waals surface area (Å²) in [6.45, 7) is 3.85. The molecule has 0 fully saturated rings. The zero-order chi connectivity index (χ0) is 18.8. The summed E-state index contributed by atoms with van der Waals surface area (Å²) < 4.78 is 6.88. The minimum Gasteiger partial charge on any atom is -0.465 e. The lowest BCUT2D eigenvalue weighted by molar-refractivity contribution is -0.146. The third kappa shape index (κ3) is 2.97. The monoisotopic (exact) mass is 363 g/mol. The first-order chi connectivity index (χ1) is 13.2. The smallest absolute Gasteiger partial charge is 0.317 e. The van der Waals surface area contributed by atoms with Crippen LogP contribution in [0.4, 0.5) is 5.95 Å². The number of carbonyl (C=O) groups is 1. The van der Waals surface area contributed by atoms with E-state index in [1.807, 2.05) is 24.3 Å². The lowest BCUT2D eigenvalue weighted by Crippen LogP contribution is -2.37. The van der Waals surface area contributed by atoms with Crippen molar-refractivity contribution >= 4 is 17.6 Å². The van der Waals surface area contributed by atoms with Gasteiger partial charge in [0.1, 0.15) is 18.3 Å². The molecule has 0 saturated carbocycles. The number of aliphatic imine (C=N–C) groups is 1. The number of ether oxygens (including phenoxy) is 1. The van der Waals surface area contributed by atoms with E-state index in [1.54, 1.807) is 30.9 Å². The molecule has 0 radical (unpaired) electrons. The van der Waals surface area contributed by atoms with Crippen LogP contribution in [0.1, 0.15) is 25.5 Å². The molecular weight excluding hydrogens is 346 g/mol. The van der Waals surface area contributed by atoms with Crippen molar-refractivity contribution in [3.05, 3.63) is 48.5 Å². The quantitative estimate of drug-likeness (QED) is 0.652. The highest BCUT2D eigenvalue weighted by atomic mass is 16.5. The number of hydrogen-bond acceptors (Lipinski definition) is 8. The molecule has 27 heavy (non-hydrogen) atoms. The Labute approximate surface area is 155 Å². The maximum Gasteiger partial charge on any atom is 0.317 e. The molecule has 2 aromatic heterocycles. The number of tetrazole rings is 1. The summed E-state index contributed by atoms with van der Waals surface area (Å²) in [5.41, 5.74) is 3.21. The van der Waals surface area contributed by atoms with E-state index in [0.29, 0.717) is 11.7 Å². The second kappa shape index (κ2) is 7.02. The third-order valence-corrected chi connectivity index (χ3v) is 4.47. The Bertz CT molecular complexity index is 1000. The maximum absolute atomic E-state index is 12.8. The summed E-state index contributed by atoms with van der Waals surface area (Å²) in [5, 5.41) is 11.8. The minimum atomic E-state index is -0.633. The summed E-state index contributed by atoms with van der Waals surface area (Å²) in [6.07, 6.45) is 4.94. The van der Waals surface area contributed by atoms with Crippen LogP contribution in [-0.4, -0.2) is 48.5 Å². The summed E-state index contributed by atoms with van der Waals surface area (Å²) in [6, 6.07) is 7.26. The van der Waals surface area contributed by atoms with Gasteiger partial charge in [-0.1, -0.05) is 29.4 Å². The van der Waals surface area contributed by atoms with E-state index in [2.05, 4.69) is 30.5 Å². The molecule has 0 bridgehead atoms. The highest BCUT2D eigenvalue weighted by Gasteiger charge is 2.41. The molecule has 0 N–H and O–H groups in total. The summed E-state index contributed by atoms with van der Waals surface area (Å²) in [4.78, 5) is 25.4. The Morgan fingerprint density at radius 2 is 2.00 bits per heavy atom. The zero-order valence-corrected chi connectivity index (χ0v) is 14.9. The van der Waals surface area contributed by atoms with E-state index in [0.717, 1.165) is 16.7 Å². The number of esters is 1. The molecule has 9 nitrogen and oxygen atoms in total. The Morgan fingerprint density at radius 1 is 1.22 bits per heavy atom. The molecule has 0 spiro atoms. The second-order valence-corrected chi connectivity index (χ2v) is 6.07. The van der Waals surface area contributed by atoms with Crippen LogP contribution >= 0.6 is 0 Å². The van der Waals surface area contributed by atoms with Gasteiger partial charge in [0.05, 0.1) is 6.61 Å². The van der Waals surface area contributed by atoms with Crippen molar-refractivity contribution in [3.63, 3.8) is 0 Å². The van der Waals surface area contributed by atoms with Crippen LogP contribution in [0, 0.1) is 5.92 Å². The van der Waals surface area contributed by atoms with E-state index in [9.17, 15) is 4.79 Å². The molecule has 0 aliphatic carbocycles. The standard InChI is InChI=1S/C18H17N7O2/c1-3-27-17(26)15-11(2)21-18-22-23-24-25(18)16(15)14-7-5-4-6-13(14)12-8-19-10-20-9-12/h4-10,15-16H,3H2,1-2H3. The van der Waals surface area contributed by atoms with E-state index in [-0.39, 0.29) is 12.6 Å². The molecule has 1 aliphatic heterocycles. The molecule has 0 amide bonds. The van der Waals surface area contributed by atoms with Crippen molar-refractivity contribution < 1.29 is 9.53 Å². The summed E-state index contributed by atoms with van der Waals surface area (Å²) in [7, 11) is 0. The van der Waals surface area contributed by atoms with Crippen molar-refractivity contribution in [1.82, 2.24) is 30.2 Å². The SMILES string of the molecule is CCOC(=O)C1C(C)=Nc2nnnn2C1c1ccccc1-c1cncnc1. The summed E-state index contributed by atoms with van der Waals surface area (Å²) >= 11 is 0. The first-order valence-electron chi connectivity index (χ1n) is 8.54. The van der Waals surface area contributed by atoms with E-state index >= 15 is 0 Å². The van der Waals surface area contributed by atoms with Crippen LogP contribution in [0.15, 0.2) is 48.0 Å². The number of fused-ring (bicyclic) bond motifs is 1. The fraction of sp³-hybridized carbons (Fsp3) is 0.278. The second-order valence-electron chi connectivity index (χ2n) is 6.07. The fourth-order valence-corrected chi connectivity index (χ4v) is 3.34. The lowest BCUT2D eigenvalue weighted by Gasteiger charge is -2.30. The Morgan fingerprint density at radius 3 is 2.78 bits per heavy atom. The molecule has 3 heterocycles. The number of nitrogens with zero attached hydrogens (tertiary/aromatic N) is 7. The molecule has 2 atom stereocenters. The minimum absolute atomic E-state index is 0.284. The molecule has 9 heteroatoms. The van der Waals surface area contributed by atoms with Crippen LogP contribution < -0.4 is 0 Å². The van der Waals surface area contributed by atoms with Crippen molar-refractivity contribution in [2.24, 2.45) is 10.9 Å². The lowest BCUT2D eigenvalue weighted by atomic mass is 9.85. The molecule has 136 valence electrons. The first kappa shape index (κ1) is 17.0. The number of benzene rings is 1. The molecule has 1 aliphatic rings. The number of carbonyl (C=O) groups excluding carboxylic acids is 1. The fourth-order valence-electron chi connectivity index (χ4n) is 3.34.